The third-order valence-electron chi connectivity index (χ3n) is 3.27. The van der Waals surface area contributed by atoms with Crippen LogP contribution >= 0.6 is 23.5 Å². The quantitative estimate of drug-likeness (QED) is 0.614. The molecule has 21 heavy (non-hydrogen) atoms. The number of aromatic nitrogens is 2. The zero-order chi connectivity index (χ0) is 15.0. The third-order valence-corrected chi connectivity index (χ3v) is 5.62. The first-order valence-corrected chi connectivity index (χ1v) is 8.20. The van der Waals surface area contributed by atoms with Crippen LogP contribution in [0, 0.1) is 5.92 Å². The molecular weight excluding hydrogens is 312 g/mol. The van der Waals surface area contributed by atoms with Gasteiger partial charge in [-0.15, -0.1) is 23.5 Å². The average Bonchev–Trinajstić information content (AvgIpc) is 2.48. The van der Waals surface area contributed by atoms with Gasteiger partial charge in [-0.2, -0.15) is 0 Å². The normalized spacial score (nSPS) is 24.1. The Morgan fingerprint density at radius 2 is 2.29 bits per heavy atom. The minimum absolute atomic E-state index is 0.0871. The van der Waals surface area contributed by atoms with Crippen molar-refractivity contribution in [1.29, 1.82) is 0 Å². The molecule has 7 nitrogen and oxygen atoms in total. The SMILES string of the molecule is Nc1nccnc1SCC1C(=O)N2C(C(=O)O)=CCSC12. The molecule has 1 fully saturated rings. The van der Waals surface area contributed by atoms with Gasteiger partial charge in [0.15, 0.2) is 5.82 Å². The maximum atomic E-state index is 12.1. The Kier molecular flexibility index (Phi) is 3.77. The summed E-state index contributed by atoms with van der Waals surface area (Å²) in [5.41, 5.74) is 5.80. The molecule has 110 valence electrons. The number of nitrogens with two attached hydrogens (primary N) is 1. The van der Waals surface area contributed by atoms with E-state index in [1.165, 1.54) is 22.9 Å². The number of nitrogen functional groups attached to an aromatic ring is 1. The van der Waals surface area contributed by atoms with E-state index in [2.05, 4.69) is 9.97 Å². The van der Waals surface area contributed by atoms with Gasteiger partial charge in [-0.1, -0.05) is 0 Å². The minimum Gasteiger partial charge on any atom is -0.477 e. The molecule has 2 atom stereocenters. The molecule has 0 aliphatic carbocycles. The molecule has 0 bridgehead atoms. The van der Waals surface area contributed by atoms with Gasteiger partial charge >= 0.3 is 5.97 Å². The van der Waals surface area contributed by atoms with E-state index >= 15 is 0 Å². The van der Waals surface area contributed by atoms with E-state index in [1.807, 2.05) is 0 Å². The predicted octanol–water partition coefficient (Wildman–Crippen LogP) is 0.651. The average molecular weight is 324 g/mol. The zero-order valence-electron chi connectivity index (χ0n) is 10.8. The molecule has 0 radical (unpaired) electrons. The van der Waals surface area contributed by atoms with Crippen molar-refractivity contribution in [3.8, 4) is 0 Å². The third kappa shape index (κ3) is 2.46. The van der Waals surface area contributed by atoms with Crippen molar-refractivity contribution >= 4 is 41.2 Å². The lowest BCUT2D eigenvalue weighted by molar-refractivity contribution is -0.151. The molecule has 1 amide bonds. The van der Waals surface area contributed by atoms with Crippen molar-refractivity contribution in [2.75, 3.05) is 17.2 Å². The molecule has 1 saturated heterocycles. The lowest BCUT2D eigenvalue weighted by Gasteiger charge is -2.48. The summed E-state index contributed by atoms with van der Waals surface area (Å²) in [4.78, 5) is 32.7. The van der Waals surface area contributed by atoms with Gasteiger partial charge < -0.3 is 10.8 Å². The van der Waals surface area contributed by atoms with Crippen LogP contribution in [0.1, 0.15) is 0 Å². The van der Waals surface area contributed by atoms with Gasteiger partial charge in [0.05, 0.1) is 11.3 Å². The van der Waals surface area contributed by atoms with Crippen LogP contribution in [0.5, 0.6) is 0 Å². The molecule has 1 aromatic heterocycles. The number of rotatable bonds is 4. The molecule has 1 aromatic rings. The maximum Gasteiger partial charge on any atom is 0.352 e. The second kappa shape index (κ2) is 5.57. The van der Waals surface area contributed by atoms with E-state index in [0.29, 0.717) is 22.3 Å². The lowest BCUT2D eigenvalue weighted by Crippen LogP contribution is -2.61. The monoisotopic (exact) mass is 324 g/mol. The van der Waals surface area contributed by atoms with Crippen LogP contribution in [-0.2, 0) is 9.59 Å². The second-order valence-corrected chi connectivity index (χ2v) is 6.65. The Bertz CT molecular complexity index is 637. The lowest BCUT2D eigenvalue weighted by atomic mass is 9.99. The highest BCUT2D eigenvalue weighted by Crippen LogP contribution is 2.43. The first-order valence-electron chi connectivity index (χ1n) is 6.17. The fourth-order valence-corrected chi connectivity index (χ4v) is 4.64. The van der Waals surface area contributed by atoms with Crippen molar-refractivity contribution in [3.63, 3.8) is 0 Å². The topological polar surface area (TPSA) is 109 Å². The van der Waals surface area contributed by atoms with Crippen LogP contribution in [-0.4, -0.2) is 48.7 Å². The summed E-state index contributed by atoms with van der Waals surface area (Å²) in [5, 5.41) is 9.58. The number of carboxylic acid groups (broad SMARTS) is 1. The second-order valence-electron chi connectivity index (χ2n) is 4.49. The van der Waals surface area contributed by atoms with E-state index in [1.54, 1.807) is 24.0 Å². The summed E-state index contributed by atoms with van der Waals surface area (Å²) in [6.07, 6.45) is 4.64. The molecule has 2 unspecified atom stereocenters. The van der Waals surface area contributed by atoms with Crippen LogP contribution in [0.4, 0.5) is 5.82 Å². The number of carbonyl (C=O) groups excluding carboxylic acids is 1. The molecule has 3 rings (SSSR count). The van der Waals surface area contributed by atoms with Crippen LogP contribution < -0.4 is 5.73 Å². The number of β-lactam (4-membered cyclic amide) rings is 1. The Balaban J connectivity index is 1.67. The summed E-state index contributed by atoms with van der Waals surface area (Å²) >= 11 is 2.94. The zero-order valence-corrected chi connectivity index (χ0v) is 12.4. The number of amides is 1. The number of carbonyl (C=O) groups is 2. The largest absolute Gasteiger partial charge is 0.477 e. The molecule has 9 heteroatoms. The molecule has 0 saturated carbocycles. The van der Waals surface area contributed by atoms with Crippen molar-refractivity contribution in [1.82, 2.24) is 14.9 Å². The van der Waals surface area contributed by atoms with Crippen LogP contribution in [0.15, 0.2) is 29.2 Å². The minimum atomic E-state index is -1.06. The maximum absolute atomic E-state index is 12.1. The number of fused-ring (bicyclic) bond motifs is 1. The number of thioether (sulfide) groups is 2. The summed E-state index contributed by atoms with van der Waals surface area (Å²) in [6.45, 7) is 0. The van der Waals surface area contributed by atoms with Gasteiger partial charge in [0.1, 0.15) is 10.7 Å². The summed E-state index contributed by atoms with van der Waals surface area (Å²) in [6, 6.07) is 0. The number of carboxylic acids is 1. The molecule has 3 heterocycles. The van der Waals surface area contributed by atoms with E-state index in [9.17, 15) is 9.59 Å². The highest BCUT2D eigenvalue weighted by molar-refractivity contribution is 8.00. The first-order chi connectivity index (χ1) is 10.1. The van der Waals surface area contributed by atoms with Gasteiger partial charge in [0, 0.05) is 23.9 Å². The molecule has 2 aliphatic heterocycles. The van der Waals surface area contributed by atoms with Crippen LogP contribution in [0.2, 0.25) is 0 Å². The molecule has 0 aromatic carbocycles. The van der Waals surface area contributed by atoms with E-state index in [0.717, 1.165) is 0 Å². The Morgan fingerprint density at radius 3 is 3.00 bits per heavy atom. The number of hydrogen-bond donors (Lipinski definition) is 2. The van der Waals surface area contributed by atoms with Gasteiger partial charge in [0.2, 0.25) is 5.91 Å². The Morgan fingerprint density at radius 1 is 1.52 bits per heavy atom. The highest BCUT2D eigenvalue weighted by Gasteiger charge is 2.51. The number of aliphatic carboxylic acids is 1. The van der Waals surface area contributed by atoms with E-state index < -0.39 is 5.97 Å². The van der Waals surface area contributed by atoms with Gasteiger partial charge in [-0.25, -0.2) is 14.8 Å². The van der Waals surface area contributed by atoms with Crippen LogP contribution in [0.25, 0.3) is 0 Å². The fourth-order valence-electron chi connectivity index (χ4n) is 2.25. The highest BCUT2D eigenvalue weighted by atomic mass is 32.2. The summed E-state index contributed by atoms with van der Waals surface area (Å²) < 4.78 is 0. The van der Waals surface area contributed by atoms with E-state index in [-0.39, 0.29) is 22.9 Å². The fraction of sp³-hybridized carbons (Fsp3) is 0.333. The van der Waals surface area contributed by atoms with Gasteiger partial charge in [-0.05, 0) is 6.08 Å². The van der Waals surface area contributed by atoms with Crippen LogP contribution in [0.3, 0.4) is 0 Å². The molecular formula is C12H12N4O3S2. The smallest absolute Gasteiger partial charge is 0.352 e. The molecule has 2 aliphatic rings. The van der Waals surface area contributed by atoms with Crippen molar-refractivity contribution in [2.45, 2.75) is 10.4 Å². The number of hydrogen-bond acceptors (Lipinski definition) is 7. The standard InChI is InChI=1S/C12H12N4O3S2/c13-8-9(15-3-2-14-8)21-5-6-10(17)16-7(12(18)19)1-4-20-11(6)16/h1-3,6,11H,4-5H2,(H2,13,14)(H,18,19). The van der Waals surface area contributed by atoms with Crippen molar-refractivity contribution in [2.24, 2.45) is 5.92 Å². The summed E-state index contributed by atoms with van der Waals surface area (Å²) in [7, 11) is 0. The van der Waals surface area contributed by atoms with E-state index in [4.69, 9.17) is 10.8 Å². The molecule has 3 N–H and O–H groups in total. The van der Waals surface area contributed by atoms with Crippen molar-refractivity contribution < 1.29 is 14.7 Å². The van der Waals surface area contributed by atoms with Gasteiger partial charge in [0.25, 0.3) is 0 Å². The Labute approximate surface area is 129 Å². The number of nitrogens with zero attached hydrogens (tertiary/aromatic N) is 3. The first kappa shape index (κ1) is 14.2. The number of anilines is 1. The summed E-state index contributed by atoms with van der Waals surface area (Å²) in [5.74, 6) is 0.0274. The predicted molar refractivity (Wildman–Crippen MR) is 79.5 cm³/mol. The Hall–Kier alpha value is -1.74. The van der Waals surface area contributed by atoms with Crippen molar-refractivity contribution in [3.05, 3.63) is 24.2 Å². The van der Waals surface area contributed by atoms with Gasteiger partial charge in [-0.3, -0.25) is 9.69 Å². The molecule has 0 spiro atoms.